The van der Waals surface area contributed by atoms with E-state index >= 15 is 0 Å². The van der Waals surface area contributed by atoms with Crippen LogP contribution in [0.3, 0.4) is 0 Å². The van der Waals surface area contributed by atoms with Gasteiger partial charge in [0.05, 0.1) is 6.61 Å². The first-order chi connectivity index (χ1) is 9.83. The zero-order chi connectivity index (χ0) is 14.2. The minimum atomic E-state index is -0.0321. The van der Waals surface area contributed by atoms with Gasteiger partial charge in [0.2, 0.25) is 0 Å². The van der Waals surface area contributed by atoms with E-state index in [1.165, 1.54) is 0 Å². The fourth-order valence-electron chi connectivity index (χ4n) is 2.08. The van der Waals surface area contributed by atoms with Crippen molar-refractivity contribution in [1.29, 1.82) is 0 Å². The SMILES string of the molecule is COCCNCCNC(=O)c1cccc2ccccc12. The van der Waals surface area contributed by atoms with Crippen molar-refractivity contribution in [3.63, 3.8) is 0 Å². The number of rotatable bonds is 7. The number of methoxy groups -OCH3 is 1. The molecule has 106 valence electrons. The summed E-state index contributed by atoms with van der Waals surface area (Å²) in [6, 6.07) is 13.7. The maximum absolute atomic E-state index is 12.2. The Hall–Kier alpha value is -1.91. The fraction of sp³-hybridized carbons (Fsp3) is 0.312. The molecule has 0 fully saturated rings. The van der Waals surface area contributed by atoms with Crippen molar-refractivity contribution in [1.82, 2.24) is 10.6 Å². The van der Waals surface area contributed by atoms with Crippen LogP contribution >= 0.6 is 0 Å². The van der Waals surface area contributed by atoms with Crippen LogP contribution in [0.1, 0.15) is 10.4 Å². The highest BCUT2D eigenvalue weighted by Crippen LogP contribution is 2.18. The fourth-order valence-corrected chi connectivity index (χ4v) is 2.08. The van der Waals surface area contributed by atoms with E-state index in [0.717, 1.165) is 29.4 Å². The van der Waals surface area contributed by atoms with E-state index in [1.807, 2.05) is 42.5 Å². The number of hydrogen-bond donors (Lipinski definition) is 2. The molecule has 0 atom stereocenters. The van der Waals surface area contributed by atoms with Gasteiger partial charge in [-0.05, 0) is 16.8 Å². The number of carbonyl (C=O) groups excluding carboxylic acids is 1. The third-order valence-electron chi connectivity index (χ3n) is 3.10. The molecule has 1 amide bonds. The topological polar surface area (TPSA) is 50.4 Å². The molecule has 0 aliphatic carbocycles. The first-order valence-corrected chi connectivity index (χ1v) is 6.78. The molecule has 0 aromatic heterocycles. The molecule has 0 unspecified atom stereocenters. The molecule has 0 aliphatic rings. The van der Waals surface area contributed by atoms with E-state index in [2.05, 4.69) is 10.6 Å². The first kappa shape index (κ1) is 14.5. The number of ether oxygens (including phenoxy) is 1. The van der Waals surface area contributed by atoms with E-state index in [1.54, 1.807) is 7.11 Å². The second-order valence-corrected chi connectivity index (χ2v) is 4.53. The lowest BCUT2D eigenvalue weighted by molar-refractivity contribution is 0.0955. The Kier molecular flexibility index (Phi) is 5.53. The maximum atomic E-state index is 12.2. The number of fused-ring (bicyclic) bond motifs is 1. The number of amides is 1. The van der Waals surface area contributed by atoms with Gasteiger partial charge in [0.1, 0.15) is 0 Å². The van der Waals surface area contributed by atoms with E-state index in [-0.39, 0.29) is 5.91 Å². The second-order valence-electron chi connectivity index (χ2n) is 4.53. The van der Waals surface area contributed by atoms with Crippen LogP contribution in [0.15, 0.2) is 42.5 Å². The summed E-state index contributed by atoms with van der Waals surface area (Å²) >= 11 is 0. The molecule has 2 aromatic carbocycles. The average molecular weight is 272 g/mol. The van der Waals surface area contributed by atoms with Crippen molar-refractivity contribution in [3.05, 3.63) is 48.0 Å². The molecule has 2 rings (SSSR count). The van der Waals surface area contributed by atoms with Gasteiger partial charge in [0.15, 0.2) is 0 Å². The van der Waals surface area contributed by atoms with Crippen LogP contribution in [-0.2, 0) is 4.74 Å². The molecule has 4 nitrogen and oxygen atoms in total. The molecular formula is C16H20N2O2. The van der Waals surface area contributed by atoms with Crippen molar-refractivity contribution >= 4 is 16.7 Å². The van der Waals surface area contributed by atoms with E-state index in [0.29, 0.717) is 13.2 Å². The molecule has 0 heterocycles. The Morgan fingerprint density at radius 3 is 2.70 bits per heavy atom. The van der Waals surface area contributed by atoms with Gasteiger partial charge in [-0.2, -0.15) is 0 Å². The lowest BCUT2D eigenvalue weighted by Crippen LogP contribution is -2.33. The minimum Gasteiger partial charge on any atom is -0.383 e. The average Bonchev–Trinajstić information content (AvgIpc) is 2.50. The molecule has 0 bridgehead atoms. The van der Waals surface area contributed by atoms with Crippen molar-refractivity contribution in [2.24, 2.45) is 0 Å². The summed E-state index contributed by atoms with van der Waals surface area (Å²) in [5, 5.41) is 8.18. The summed E-state index contributed by atoms with van der Waals surface area (Å²) in [5.41, 5.74) is 0.722. The summed E-state index contributed by atoms with van der Waals surface area (Å²) in [5.74, 6) is -0.0321. The Morgan fingerprint density at radius 1 is 1.05 bits per heavy atom. The normalized spacial score (nSPS) is 10.7. The third-order valence-corrected chi connectivity index (χ3v) is 3.10. The molecule has 4 heteroatoms. The van der Waals surface area contributed by atoms with Gasteiger partial charge in [0.25, 0.3) is 5.91 Å². The Bertz CT molecular complexity index is 564. The van der Waals surface area contributed by atoms with Crippen LogP contribution in [0.2, 0.25) is 0 Å². The number of nitrogens with one attached hydrogen (secondary N) is 2. The molecule has 20 heavy (non-hydrogen) atoms. The molecule has 0 aliphatic heterocycles. The van der Waals surface area contributed by atoms with Crippen molar-refractivity contribution in [2.75, 3.05) is 33.4 Å². The monoisotopic (exact) mass is 272 g/mol. The van der Waals surface area contributed by atoms with Crippen molar-refractivity contribution in [3.8, 4) is 0 Å². The summed E-state index contributed by atoms with van der Waals surface area (Å²) in [6.45, 7) is 2.81. The predicted molar refractivity (Wildman–Crippen MR) is 81.0 cm³/mol. The number of hydrogen-bond acceptors (Lipinski definition) is 3. The Labute approximate surface area is 119 Å². The highest BCUT2D eigenvalue weighted by molar-refractivity contribution is 6.06. The zero-order valence-electron chi connectivity index (χ0n) is 11.7. The van der Waals surface area contributed by atoms with Crippen molar-refractivity contribution < 1.29 is 9.53 Å². The Morgan fingerprint density at radius 2 is 1.85 bits per heavy atom. The van der Waals surface area contributed by atoms with Crippen LogP contribution in [0.5, 0.6) is 0 Å². The van der Waals surface area contributed by atoms with Gasteiger partial charge in [-0.25, -0.2) is 0 Å². The van der Waals surface area contributed by atoms with Gasteiger partial charge in [-0.1, -0.05) is 36.4 Å². The highest BCUT2D eigenvalue weighted by atomic mass is 16.5. The third kappa shape index (κ3) is 3.79. The lowest BCUT2D eigenvalue weighted by atomic mass is 10.0. The highest BCUT2D eigenvalue weighted by Gasteiger charge is 2.08. The van der Waals surface area contributed by atoms with Crippen molar-refractivity contribution in [2.45, 2.75) is 0 Å². The molecular weight excluding hydrogens is 252 g/mol. The second kappa shape index (κ2) is 7.62. The lowest BCUT2D eigenvalue weighted by Gasteiger charge is -2.08. The van der Waals surface area contributed by atoms with Gasteiger partial charge in [-0.3, -0.25) is 4.79 Å². The summed E-state index contributed by atoms with van der Waals surface area (Å²) in [6.07, 6.45) is 0. The van der Waals surface area contributed by atoms with Crippen LogP contribution < -0.4 is 10.6 Å². The molecule has 0 saturated carbocycles. The summed E-state index contributed by atoms with van der Waals surface area (Å²) in [4.78, 5) is 12.2. The molecule has 2 aromatic rings. The maximum Gasteiger partial charge on any atom is 0.251 e. The molecule has 0 radical (unpaired) electrons. The molecule has 2 N–H and O–H groups in total. The van der Waals surface area contributed by atoms with E-state index in [9.17, 15) is 4.79 Å². The standard InChI is InChI=1S/C16H20N2O2/c1-20-12-11-17-9-10-18-16(19)15-8-4-6-13-5-2-3-7-14(13)15/h2-8,17H,9-12H2,1H3,(H,18,19). The molecule has 0 saturated heterocycles. The quantitative estimate of drug-likeness (QED) is 0.756. The zero-order valence-corrected chi connectivity index (χ0v) is 11.7. The molecule has 0 spiro atoms. The largest absolute Gasteiger partial charge is 0.383 e. The van der Waals surface area contributed by atoms with Gasteiger partial charge < -0.3 is 15.4 Å². The van der Waals surface area contributed by atoms with E-state index in [4.69, 9.17) is 4.74 Å². The van der Waals surface area contributed by atoms with Crippen LogP contribution in [-0.4, -0.2) is 39.3 Å². The van der Waals surface area contributed by atoms with E-state index < -0.39 is 0 Å². The summed E-state index contributed by atoms with van der Waals surface area (Å²) < 4.78 is 4.94. The number of carbonyl (C=O) groups is 1. The van der Waals surface area contributed by atoms with Gasteiger partial charge >= 0.3 is 0 Å². The van der Waals surface area contributed by atoms with Gasteiger partial charge in [0, 0.05) is 32.3 Å². The van der Waals surface area contributed by atoms with Crippen LogP contribution in [0, 0.1) is 0 Å². The van der Waals surface area contributed by atoms with Crippen LogP contribution in [0.4, 0.5) is 0 Å². The predicted octanol–water partition coefficient (Wildman–Crippen LogP) is 1.81. The van der Waals surface area contributed by atoms with Gasteiger partial charge in [-0.15, -0.1) is 0 Å². The smallest absolute Gasteiger partial charge is 0.251 e. The first-order valence-electron chi connectivity index (χ1n) is 6.78. The van der Waals surface area contributed by atoms with Crippen LogP contribution in [0.25, 0.3) is 10.8 Å². The number of benzene rings is 2. The summed E-state index contributed by atoms with van der Waals surface area (Å²) in [7, 11) is 1.67. The minimum absolute atomic E-state index is 0.0321. The Balaban J connectivity index is 1.91.